The SMILES string of the molecule is CN(C)c1ccc([C@H](N)CO)o1. The summed E-state index contributed by atoms with van der Waals surface area (Å²) in [6, 6.07) is 3.18. The highest BCUT2D eigenvalue weighted by Gasteiger charge is 2.09. The van der Waals surface area contributed by atoms with Crippen LogP contribution in [0.15, 0.2) is 16.5 Å². The van der Waals surface area contributed by atoms with Gasteiger partial charge in [0.1, 0.15) is 5.76 Å². The summed E-state index contributed by atoms with van der Waals surface area (Å²) >= 11 is 0. The summed E-state index contributed by atoms with van der Waals surface area (Å²) in [6.45, 7) is -0.0968. The van der Waals surface area contributed by atoms with Gasteiger partial charge >= 0.3 is 0 Å². The lowest BCUT2D eigenvalue weighted by Gasteiger charge is -2.08. The van der Waals surface area contributed by atoms with E-state index in [1.165, 1.54) is 0 Å². The maximum atomic E-state index is 8.74. The van der Waals surface area contributed by atoms with Gasteiger partial charge in [0.2, 0.25) is 0 Å². The minimum atomic E-state index is -0.418. The lowest BCUT2D eigenvalue weighted by atomic mass is 10.2. The first kappa shape index (κ1) is 9.09. The lowest BCUT2D eigenvalue weighted by molar-refractivity contribution is 0.252. The van der Waals surface area contributed by atoms with Gasteiger partial charge in [-0.2, -0.15) is 0 Å². The summed E-state index contributed by atoms with van der Waals surface area (Å²) in [5.41, 5.74) is 5.55. The van der Waals surface area contributed by atoms with Crippen molar-refractivity contribution in [2.45, 2.75) is 6.04 Å². The maximum Gasteiger partial charge on any atom is 0.195 e. The average Bonchev–Trinajstić information content (AvgIpc) is 2.51. The first-order valence-corrected chi connectivity index (χ1v) is 3.78. The van der Waals surface area contributed by atoms with E-state index in [1.54, 1.807) is 6.07 Å². The van der Waals surface area contributed by atoms with Crippen LogP contribution in [0, 0.1) is 0 Å². The molecule has 1 atom stereocenters. The second-order valence-corrected chi connectivity index (χ2v) is 2.86. The molecule has 0 radical (unpaired) electrons. The van der Waals surface area contributed by atoms with Gasteiger partial charge in [0.25, 0.3) is 0 Å². The predicted octanol–water partition coefficient (Wildman–Crippen LogP) is 0.338. The molecule has 0 unspecified atom stereocenters. The largest absolute Gasteiger partial charge is 0.444 e. The van der Waals surface area contributed by atoms with Crippen LogP contribution in [0.1, 0.15) is 11.8 Å². The van der Waals surface area contributed by atoms with Gasteiger partial charge in [-0.15, -0.1) is 0 Å². The highest BCUT2D eigenvalue weighted by Crippen LogP contribution is 2.19. The summed E-state index contributed by atoms with van der Waals surface area (Å²) in [7, 11) is 3.76. The monoisotopic (exact) mass is 170 g/mol. The third kappa shape index (κ3) is 1.78. The van der Waals surface area contributed by atoms with Crippen LogP contribution in [-0.2, 0) is 0 Å². The van der Waals surface area contributed by atoms with Gasteiger partial charge < -0.3 is 20.2 Å². The number of nitrogens with zero attached hydrogens (tertiary/aromatic N) is 1. The standard InChI is InChI=1S/C8H14N2O2/c1-10(2)8-4-3-7(12-8)6(9)5-11/h3-4,6,11H,5,9H2,1-2H3/t6-/m1/s1. The van der Waals surface area contributed by atoms with E-state index in [-0.39, 0.29) is 6.61 Å². The van der Waals surface area contributed by atoms with E-state index in [0.29, 0.717) is 5.76 Å². The van der Waals surface area contributed by atoms with E-state index >= 15 is 0 Å². The Labute approximate surface area is 71.6 Å². The fourth-order valence-corrected chi connectivity index (χ4v) is 0.872. The molecule has 68 valence electrons. The third-order valence-electron chi connectivity index (χ3n) is 1.62. The minimum absolute atomic E-state index is 0.0968. The second-order valence-electron chi connectivity index (χ2n) is 2.86. The van der Waals surface area contributed by atoms with Crippen LogP contribution in [0.5, 0.6) is 0 Å². The molecule has 0 aromatic carbocycles. The van der Waals surface area contributed by atoms with Gasteiger partial charge in [-0.05, 0) is 6.07 Å². The van der Waals surface area contributed by atoms with E-state index < -0.39 is 6.04 Å². The molecule has 0 aliphatic carbocycles. The Kier molecular flexibility index (Phi) is 2.73. The Bertz CT molecular complexity index is 245. The normalized spacial score (nSPS) is 13.0. The molecule has 0 fully saturated rings. The Hall–Kier alpha value is -1.00. The molecule has 0 saturated heterocycles. The maximum absolute atomic E-state index is 8.74. The molecule has 3 N–H and O–H groups in total. The molecular weight excluding hydrogens is 156 g/mol. The quantitative estimate of drug-likeness (QED) is 0.686. The van der Waals surface area contributed by atoms with Gasteiger partial charge in [0.05, 0.1) is 12.6 Å². The number of rotatable bonds is 3. The fraction of sp³-hybridized carbons (Fsp3) is 0.500. The van der Waals surface area contributed by atoms with Crippen molar-refractivity contribution in [1.29, 1.82) is 0 Å². The Morgan fingerprint density at radius 3 is 2.67 bits per heavy atom. The van der Waals surface area contributed by atoms with Crippen LogP contribution in [0.25, 0.3) is 0 Å². The Morgan fingerprint density at radius 2 is 2.25 bits per heavy atom. The molecule has 1 rings (SSSR count). The molecule has 0 amide bonds. The topological polar surface area (TPSA) is 62.6 Å². The van der Waals surface area contributed by atoms with Crippen molar-refractivity contribution < 1.29 is 9.52 Å². The Morgan fingerprint density at radius 1 is 1.58 bits per heavy atom. The molecule has 4 heteroatoms. The smallest absolute Gasteiger partial charge is 0.195 e. The summed E-state index contributed by atoms with van der Waals surface area (Å²) in [5.74, 6) is 1.36. The van der Waals surface area contributed by atoms with Gasteiger partial charge in [-0.1, -0.05) is 0 Å². The van der Waals surface area contributed by atoms with Crippen molar-refractivity contribution in [1.82, 2.24) is 0 Å². The molecular formula is C8H14N2O2. The van der Waals surface area contributed by atoms with Gasteiger partial charge in [-0.25, -0.2) is 0 Å². The van der Waals surface area contributed by atoms with Crippen LogP contribution >= 0.6 is 0 Å². The molecule has 1 aromatic heterocycles. The fourth-order valence-electron chi connectivity index (χ4n) is 0.872. The number of furan rings is 1. The number of hydrogen-bond donors (Lipinski definition) is 2. The molecule has 0 spiro atoms. The van der Waals surface area contributed by atoms with Crippen molar-refractivity contribution in [2.75, 3.05) is 25.6 Å². The second kappa shape index (κ2) is 3.60. The first-order chi connectivity index (χ1) is 5.65. The van der Waals surface area contributed by atoms with Crippen LogP contribution < -0.4 is 10.6 Å². The summed E-state index contributed by atoms with van der Waals surface area (Å²) < 4.78 is 5.34. The third-order valence-corrected chi connectivity index (χ3v) is 1.62. The Balaban J connectivity index is 2.77. The highest BCUT2D eigenvalue weighted by molar-refractivity contribution is 5.34. The summed E-state index contributed by atoms with van der Waals surface area (Å²) in [6.07, 6.45) is 0. The van der Waals surface area contributed by atoms with Crippen molar-refractivity contribution in [3.63, 3.8) is 0 Å². The molecule has 0 saturated carbocycles. The van der Waals surface area contributed by atoms with Gasteiger partial charge in [-0.3, -0.25) is 0 Å². The average molecular weight is 170 g/mol. The molecule has 1 aromatic rings. The zero-order chi connectivity index (χ0) is 9.14. The van der Waals surface area contributed by atoms with Crippen molar-refractivity contribution in [2.24, 2.45) is 5.73 Å². The van der Waals surface area contributed by atoms with Crippen LogP contribution in [0.2, 0.25) is 0 Å². The molecule has 0 aliphatic heterocycles. The number of nitrogens with two attached hydrogens (primary N) is 1. The first-order valence-electron chi connectivity index (χ1n) is 3.78. The summed E-state index contributed by atoms with van der Waals surface area (Å²) in [5, 5.41) is 8.74. The zero-order valence-corrected chi connectivity index (χ0v) is 7.32. The predicted molar refractivity (Wildman–Crippen MR) is 47.0 cm³/mol. The molecule has 0 bridgehead atoms. The van der Waals surface area contributed by atoms with Crippen molar-refractivity contribution in [3.05, 3.63) is 17.9 Å². The van der Waals surface area contributed by atoms with Crippen LogP contribution in [-0.4, -0.2) is 25.8 Å². The molecule has 12 heavy (non-hydrogen) atoms. The molecule has 0 aliphatic rings. The van der Waals surface area contributed by atoms with Gasteiger partial charge in [0, 0.05) is 20.2 Å². The van der Waals surface area contributed by atoms with Crippen LogP contribution in [0.3, 0.4) is 0 Å². The number of anilines is 1. The van der Waals surface area contributed by atoms with Gasteiger partial charge in [0.15, 0.2) is 5.88 Å². The minimum Gasteiger partial charge on any atom is -0.444 e. The number of aliphatic hydroxyl groups excluding tert-OH is 1. The number of aliphatic hydroxyl groups is 1. The van der Waals surface area contributed by atoms with E-state index in [2.05, 4.69) is 0 Å². The molecule has 4 nitrogen and oxygen atoms in total. The zero-order valence-electron chi connectivity index (χ0n) is 7.32. The lowest BCUT2D eigenvalue weighted by Crippen LogP contribution is -2.13. The van der Waals surface area contributed by atoms with E-state index in [4.69, 9.17) is 15.3 Å². The van der Waals surface area contributed by atoms with E-state index in [1.807, 2.05) is 25.1 Å². The highest BCUT2D eigenvalue weighted by atomic mass is 16.4. The number of hydrogen-bond acceptors (Lipinski definition) is 4. The van der Waals surface area contributed by atoms with Crippen LogP contribution in [0.4, 0.5) is 5.88 Å². The molecule has 1 heterocycles. The van der Waals surface area contributed by atoms with E-state index in [9.17, 15) is 0 Å². The summed E-state index contributed by atoms with van der Waals surface area (Å²) in [4.78, 5) is 1.84. The van der Waals surface area contributed by atoms with Crippen molar-refractivity contribution in [3.8, 4) is 0 Å². The van der Waals surface area contributed by atoms with Crippen molar-refractivity contribution >= 4 is 5.88 Å². The van der Waals surface area contributed by atoms with E-state index in [0.717, 1.165) is 5.88 Å².